The molecular formula is C20H25BN2O3S2. The minimum atomic E-state index is -1.49. The third kappa shape index (κ3) is 5.07. The molecule has 1 aromatic carbocycles. The summed E-state index contributed by atoms with van der Waals surface area (Å²) in [5, 5.41) is 18.1. The van der Waals surface area contributed by atoms with E-state index < -0.39 is 7.12 Å². The van der Waals surface area contributed by atoms with Gasteiger partial charge in [-0.25, -0.2) is 0 Å². The molecule has 2 heterocycles. The van der Waals surface area contributed by atoms with Crippen LogP contribution in [0.5, 0.6) is 0 Å². The monoisotopic (exact) mass is 416 g/mol. The summed E-state index contributed by atoms with van der Waals surface area (Å²) in [6, 6.07) is 10.3. The first-order valence-electron chi connectivity index (χ1n) is 9.32. The molecule has 0 saturated carbocycles. The van der Waals surface area contributed by atoms with Crippen molar-refractivity contribution in [3.63, 3.8) is 0 Å². The number of likely N-dealkylation sites (tertiary alicyclic amines) is 1. The zero-order chi connectivity index (χ0) is 20.1. The summed E-state index contributed by atoms with van der Waals surface area (Å²) in [5.41, 5.74) is 9.06. The number of hydrogen-bond acceptors (Lipinski definition) is 6. The average Bonchev–Trinajstić information content (AvgIpc) is 3.15. The summed E-state index contributed by atoms with van der Waals surface area (Å²) < 4.78 is 0.994. The molecule has 0 spiro atoms. The van der Waals surface area contributed by atoms with Gasteiger partial charge < -0.3 is 20.7 Å². The summed E-state index contributed by atoms with van der Waals surface area (Å²) in [5.74, 6) is 1.82. The number of carbonyl (C=O) groups is 1. The van der Waals surface area contributed by atoms with Crippen LogP contribution in [0.4, 0.5) is 0 Å². The standard InChI is InChI=1S/C20H25BN2O3S2/c1-27-20-17(5-8-21(25)26)12-18(28-20)19(24)23-9-6-15(7-10-23)16-4-2-3-14(11-16)13-22/h2-5,8,11-12,15,25-26H,6-7,9-10,13,22H2,1H3/b8-5+. The molecule has 1 fully saturated rings. The van der Waals surface area contributed by atoms with E-state index in [0.29, 0.717) is 17.3 Å². The van der Waals surface area contributed by atoms with Crippen molar-refractivity contribution < 1.29 is 14.8 Å². The molecule has 148 valence electrons. The normalized spacial score (nSPS) is 15.4. The van der Waals surface area contributed by atoms with Gasteiger partial charge in [0.2, 0.25) is 0 Å². The van der Waals surface area contributed by atoms with Crippen LogP contribution in [0.25, 0.3) is 6.08 Å². The van der Waals surface area contributed by atoms with Crippen LogP contribution in [0.1, 0.15) is 45.1 Å². The number of thiophene rings is 1. The SMILES string of the molecule is CSc1sc(C(=O)N2CCC(c3cccc(CN)c3)CC2)cc1/C=C/B(O)O. The first kappa shape index (κ1) is 21.1. The lowest BCUT2D eigenvalue weighted by Gasteiger charge is -2.32. The number of piperidine rings is 1. The third-order valence-electron chi connectivity index (χ3n) is 5.01. The smallest absolute Gasteiger partial charge is 0.424 e. The molecule has 1 aromatic heterocycles. The van der Waals surface area contributed by atoms with E-state index in [1.54, 1.807) is 17.8 Å². The molecule has 2 aromatic rings. The third-order valence-corrected chi connectivity index (χ3v) is 7.30. The molecule has 0 atom stereocenters. The average molecular weight is 416 g/mol. The molecule has 1 aliphatic heterocycles. The Morgan fingerprint density at radius 3 is 2.75 bits per heavy atom. The van der Waals surface area contributed by atoms with Gasteiger partial charge in [-0.3, -0.25) is 4.79 Å². The van der Waals surface area contributed by atoms with Gasteiger partial charge in [0.1, 0.15) is 0 Å². The molecule has 0 unspecified atom stereocenters. The van der Waals surface area contributed by atoms with Gasteiger partial charge in [0.05, 0.1) is 9.09 Å². The van der Waals surface area contributed by atoms with Crippen molar-refractivity contribution >= 4 is 42.2 Å². The van der Waals surface area contributed by atoms with Crippen LogP contribution in [0.3, 0.4) is 0 Å². The van der Waals surface area contributed by atoms with Gasteiger partial charge in [-0.05, 0) is 47.8 Å². The molecule has 3 rings (SSSR count). The maximum absolute atomic E-state index is 13.0. The Labute approximate surface area is 174 Å². The molecule has 1 amide bonds. The predicted molar refractivity (Wildman–Crippen MR) is 118 cm³/mol. The lowest BCUT2D eigenvalue weighted by atomic mass is 9.88. The minimum absolute atomic E-state index is 0.0543. The van der Waals surface area contributed by atoms with Crippen LogP contribution in [-0.2, 0) is 6.54 Å². The van der Waals surface area contributed by atoms with E-state index >= 15 is 0 Å². The number of benzene rings is 1. The van der Waals surface area contributed by atoms with Gasteiger partial charge in [-0.2, -0.15) is 0 Å². The van der Waals surface area contributed by atoms with Crippen molar-refractivity contribution in [1.29, 1.82) is 0 Å². The number of rotatable bonds is 6. The highest BCUT2D eigenvalue weighted by Crippen LogP contribution is 2.34. The van der Waals surface area contributed by atoms with E-state index in [2.05, 4.69) is 18.2 Å². The van der Waals surface area contributed by atoms with Gasteiger partial charge in [-0.15, -0.1) is 23.1 Å². The van der Waals surface area contributed by atoms with E-state index in [0.717, 1.165) is 41.3 Å². The van der Waals surface area contributed by atoms with Gasteiger partial charge in [0.25, 0.3) is 5.91 Å². The van der Waals surface area contributed by atoms with Gasteiger partial charge >= 0.3 is 7.12 Å². The first-order valence-corrected chi connectivity index (χ1v) is 11.4. The van der Waals surface area contributed by atoms with Crippen molar-refractivity contribution in [1.82, 2.24) is 4.90 Å². The zero-order valence-corrected chi connectivity index (χ0v) is 17.5. The number of hydrogen-bond donors (Lipinski definition) is 3. The molecule has 4 N–H and O–H groups in total. The molecule has 8 heteroatoms. The Kier molecular flexibility index (Phi) is 7.37. The fourth-order valence-electron chi connectivity index (χ4n) is 3.50. The maximum atomic E-state index is 13.0. The number of nitrogens with two attached hydrogens (primary N) is 1. The second kappa shape index (κ2) is 9.76. The van der Waals surface area contributed by atoms with Gasteiger partial charge in [-0.1, -0.05) is 36.3 Å². The molecule has 1 saturated heterocycles. The van der Waals surface area contributed by atoms with Crippen molar-refractivity contribution in [3.05, 3.63) is 57.9 Å². The number of thioether (sulfide) groups is 1. The Morgan fingerprint density at radius 2 is 2.11 bits per heavy atom. The highest BCUT2D eigenvalue weighted by atomic mass is 32.2. The summed E-state index contributed by atoms with van der Waals surface area (Å²) in [6.07, 6.45) is 5.50. The lowest BCUT2D eigenvalue weighted by molar-refractivity contribution is 0.0718. The quantitative estimate of drug-likeness (QED) is 0.498. The van der Waals surface area contributed by atoms with Crippen molar-refractivity contribution in [3.8, 4) is 0 Å². The van der Waals surface area contributed by atoms with Crippen LogP contribution in [0.15, 0.2) is 40.5 Å². The molecule has 5 nitrogen and oxygen atoms in total. The van der Waals surface area contributed by atoms with Crippen molar-refractivity contribution in [2.75, 3.05) is 19.3 Å². The Hall–Kier alpha value is -1.58. The molecule has 0 aliphatic carbocycles. The van der Waals surface area contributed by atoms with Crippen molar-refractivity contribution in [2.24, 2.45) is 5.73 Å². The first-order chi connectivity index (χ1) is 13.5. The molecular weight excluding hydrogens is 391 g/mol. The number of amides is 1. The van der Waals surface area contributed by atoms with E-state index in [1.807, 2.05) is 23.3 Å². The van der Waals surface area contributed by atoms with E-state index in [9.17, 15) is 4.79 Å². The number of carbonyl (C=O) groups excluding carboxylic acids is 1. The van der Waals surface area contributed by atoms with Crippen LogP contribution in [0, 0.1) is 0 Å². The summed E-state index contributed by atoms with van der Waals surface area (Å²) in [4.78, 5) is 15.6. The fourth-order valence-corrected chi connectivity index (χ4v) is 5.32. The molecule has 0 radical (unpaired) electrons. The van der Waals surface area contributed by atoms with Crippen molar-refractivity contribution in [2.45, 2.75) is 29.5 Å². The maximum Gasteiger partial charge on any atom is 0.480 e. The Balaban J connectivity index is 1.66. The van der Waals surface area contributed by atoms with Crippen LogP contribution >= 0.6 is 23.1 Å². The second-order valence-corrected chi connectivity index (χ2v) is 8.97. The fraction of sp³-hybridized carbons (Fsp3) is 0.350. The van der Waals surface area contributed by atoms with Gasteiger partial charge in [0, 0.05) is 19.6 Å². The molecule has 1 aliphatic rings. The van der Waals surface area contributed by atoms with Crippen LogP contribution in [0.2, 0.25) is 0 Å². The van der Waals surface area contributed by atoms with E-state index in [1.165, 1.54) is 22.9 Å². The van der Waals surface area contributed by atoms with Crippen LogP contribution in [-0.4, -0.2) is 47.3 Å². The Bertz CT molecular complexity index is 846. The molecule has 0 bridgehead atoms. The summed E-state index contributed by atoms with van der Waals surface area (Å²) >= 11 is 3.01. The molecule has 28 heavy (non-hydrogen) atoms. The second-order valence-electron chi connectivity index (χ2n) is 6.85. The zero-order valence-electron chi connectivity index (χ0n) is 15.9. The largest absolute Gasteiger partial charge is 0.480 e. The van der Waals surface area contributed by atoms with E-state index in [4.69, 9.17) is 15.8 Å². The minimum Gasteiger partial charge on any atom is -0.424 e. The highest BCUT2D eigenvalue weighted by molar-refractivity contribution is 8.00. The van der Waals surface area contributed by atoms with Gasteiger partial charge in [0.15, 0.2) is 0 Å². The Morgan fingerprint density at radius 1 is 1.36 bits per heavy atom. The number of nitrogens with zero attached hydrogens (tertiary/aromatic N) is 1. The van der Waals surface area contributed by atoms with Crippen LogP contribution < -0.4 is 5.73 Å². The summed E-state index contributed by atoms with van der Waals surface area (Å²) in [7, 11) is -1.49. The predicted octanol–water partition coefficient (Wildman–Crippen LogP) is 2.97. The lowest BCUT2D eigenvalue weighted by Crippen LogP contribution is -2.37. The highest BCUT2D eigenvalue weighted by Gasteiger charge is 2.26. The topological polar surface area (TPSA) is 86.8 Å². The summed E-state index contributed by atoms with van der Waals surface area (Å²) in [6.45, 7) is 2.03. The van der Waals surface area contributed by atoms with E-state index in [-0.39, 0.29) is 5.91 Å².